The van der Waals surface area contributed by atoms with Crippen LogP contribution >= 0.6 is 0 Å². The maximum atomic E-state index is 13.0. The summed E-state index contributed by atoms with van der Waals surface area (Å²) in [7, 11) is 0. The first kappa shape index (κ1) is 50.6. The van der Waals surface area contributed by atoms with Crippen molar-refractivity contribution in [3.63, 3.8) is 0 Å². The maximum absolute atomic E-state index is 13.0. The van der Waals surface area contributed by atoms with Crippen LogP contribution in [0.2, 0.25) is 0 Å². The van der Waals surface area contributed by atoms with Gasteiger partial charge in [0, 0.05) is 61.9 Å². The van der Waals surface area contributed by atoms with E-state index in [9.17, 15) is 29.7 Å². The summed E-state index contributed by atoms with van der Waals surface area (Å²) < 4.78 is 43.7. The van der Waals surface area contributed by atoms with E-state index in [1.165, 1.54) is 4.90 Å². The molecule has 23 nitrogen and oxygen atoms in total. The van der Waals surface area contributed by atoms with Crippen LogP contribution in [-0.2, 0) is 52.3 Å². The Balaban J connectivity index is 2.40. The Kier molecular flexibility index (Phi) is 28.6. The van der Waals surface area contributed by atoms with Crippen LogP contribution in [-0.4, -0.2) is 193 Å². The van der Waals surface area contributed by atoms with Gasteiger partial charge in [-0.05, 0) is 31.8 Å². The minimum Gasteiger partial charge on any atom is -0.388 e. The molecule has 0 bridgehead atoms. The van der Waals surface area contributed by atoms with Gasteiger partial charge >= 0.3 is 0 Å². The summed E-state index contributed by atoms with van der Waals surface area (Å²) in [5.74, 6) is -1.14. The molecule has 0 aromatic carbocycles. The van der Waals surface area contributed by atoms with Crippen molar-refractivity contribution >= 4 is 17.7 Å². The second kappa shape index (κ2) is 31.6. The SMILES string of the molecule is CC(C)(C)O[C@H]1OC(CNC(=O)CCC(=O)NCCN(CCOCCOCCN=[N+]=[N-])C(=O)CCOCCOCCOCCOCCN=[N+]=[N-])[C@@H](O)[C@H](O)C1O. The highest BCUT2D eigenvalue weighted by atomic mass is 16.7. The molecule has 0 saturated carbocycles. The number of aliphatic hydroxyl groups is 3. The van der Waals surface area contributed by atoms with Gasteiger partial charge in [-0.3, -0.25) is 14.4 Å². The summed E-state index contributed by atoms with van der Waals surface area (Å²) in [4.78, 5) is 44.8. The highest BCUT2D eigenvalue weighted by Gasteiger charge is 2.45. The molecule has 5 atom stereocenters. The average Bonchev–Trinajstić information content (AvgIpc) is 3.16. The normalized spacial score (nSPS) is 19.4. The van der Waals surface area contributed by atoms with Crippen molar-refractivity contribution in [1.29, 1.82) is 0 Å². The molecule has 1 fully saturated rings. The number of azide groups is 2. The lowest BCUT2D eigenvalue weighted by atomic mass is 9.98. The highest BCUT2D eigenvalue weighted by molar-refractivity contribution is 5.83. The van der Waals surface area contributed by atoms with Crippen LogP contribution in [0.1, 0.15) is 40.0 Å². The van der Waals surface area contributed by atoms with Crippen LogP contribution in [0, 0.1) is 0 Å². The summed E-state index contributed by atoms with van der Waals surface area (Å²) in [6.45, 7) is 9.56. The molecule has 0 spiro atoms. The Labute approximate surface area is 326 Å². The van der Waals surface area contributed by atoms with Crippen LogP contribution in [0.15, 0.2) is 10.2 Å². The molecule has 1 aliphatic rings. The van der Waals surface area contributed by atoms with E-state index in [2.05, 4.69) is 30.7 Å². The van der Waals surface area contributed by atoms with Crippen LogP contribution in [0.5, 0.6) is 0 Å². The van der Waals surface area contributed by atoms with Crippen molar-refractivity contribution in [2.45, 2.75) is 76.3 Å². The van der Waals surface area contributed by atoms with Crippen LogP contribution in [0.25, 0.3) is 20.9 Å². The van der Waals surface area contributed by atoms with Crippen molar-refractivity contribution in [3.8, 4) is 0 Å². The molecule has 56 heavy (non-hydrogen) atoms. The molecule has 2 unspecified atom stereocenters. The predicted octanol–water partition coefficient (Wildman–Crippen LogP) is -0.439. The molecule has 1 rings (SSSR count). The van der Waals surface area contributed by atoms with E-state index >= 15 is 0 Å². The largest absolute Gasteiger partial charge is 0.388 e. The first-order chi connectivity index (χ1) is 26.9. The van der Waals surface area contributed by atoms with Gasteiger partial charge < -0.3 is 68.7 Å². The van der Waals surface area contributed by atoms with Gasteiger partial charge in [-0.15, -0.1) is 0 Å². The Morgan fingerprint density at radius 1 is 0.661 bits per heavy atom. The second-order valence-electron chi connectivity index (χ2n) is 13.1. The monoisotopic (exact) mass is 807 g/mol. The minimum atomic E-state index is -1.55. The number of aliphatic hydroxyl groups excluding tert-OH is 3. The smallest absolute Gasteiger partial charge is 0.225 e. The number of carbonyl (C=O) groups excluding carboxylic acids is 3. The fourth-order valence-electron chi connectivity index (χ4n) is 4.72. The summed E-state index contributed by atoms with van der Waals surface area (Å²) in [5, 5.41) is 42.8. The first-order valence-electron chi connectivity index (χ1n) is 18.6. The van der Waals surface area contributed by atoms with Crippen molar-refractivity contribution in [1.82, 2.24) is 15.5 Å². The molecule has 0 radical (unpaired) electrons. The molecular weight excluding hydrogens is 746 g/mol. The van der Waals surface area contributed by atoms with E-state index in [4.69, 9.17) is 49.0 Å². The van der Waals surface area contributed by atoms with Gasteiger partial charge in [-0.1, -0.05) is 10.2 Å². The van der Waals surface area contributed by atoms with Gasteiger partial charge in [0.2, 0.25) is 17.7 Å². The fraction of sp³-hybridized carbons (Fsp3) is 0.909. The lowest BCUT2D eigenvalue weighted by molar-refractivity contribution is -0.316. The van der Waals surface area contributed by atoms with E-state index in [0.717, 1.165) is 0 Å². The quantitative estimate of drug-likeness (QED) is 0.0243. The Bertz CT molecular complexity index is 1190. The van der Waals surface area contributed by atoms with Crippen molar-refractivity contribution in [2.75, 3.05) is 119 Å². The summed E-state index contributed by atoms with van der Waals surface area (Å²) in [6.07, 6.45) is -7.05. The molecule has 23 heteroatoms. The number of hydrogen-bond donors (Lipinski definition) is 5. The fourth-order valence-corrected chi connectivity index (χ4v) is 4.72. The third-order valence-electron chi connectivity index (χ3n) is 7.53. The van der Waals surface area contributed by atoms with E-state index in [1.807, 2.05) is 0 Å². The van der Waals surface area contributed by atoms with Crippen molar-refractivity contribution in [2.24, 2.45) is 10.2 Å². The Hall–Kier alpha value is -3.41. The van der Waals surface area contributed by atoms with Crippen LogP contribution in [0.3, 0.4) is 0 Å². The topological polar surface area (TPSA) is 311 Å². The number of amides is 3. The molecule has 1 saturated heterocycles. The number of ether oxygens (including phenoxy) is 8. The molecule has 5 N–H and O–H groups in total. The predicted molar refractivity (Wildman–Crippen MR) is 197 cm³/mol. The molecule has 0 aliphatic carbocycles. The molecule has 322 valence electrons. The van der Waals surface area contributed by atoms with Crippen LogP contribution in [0.4, 0.5) is 0 Å². The zero-order chi connectivity index (χ0) is 41.4. The molecular formula is C33H61N9O14. The summed E-state index contributed by atoms with van der Waals surface area (Å²) >= 11 is 0. The lowest BCUT2D eigenvalue weighted by Gasteiger charge is -2.42. The van der Waals surface area contributed by atoms with Gasteiger partial charge in [0.25, 0.3) is 0 Å². The summed E-state index contributed by atoms with van der Waals surface area (Å²) in [5.41, 5.74) is 15.8. The van der Waals surface area contributed by atoms with Gasteiger partial charge in [0.1, 0.15) is 24.4 Å². The highest BCUT2D eigenvalue weighted by Crippen LogP contribution is 2.25. The molecule has 0 aromatic heterocycles. The second-order valence-corrected chi connectivity index (χ2v) is 13.1. The van der Waals surface area contributed by atoms with Gasteiger partial charge in [-0.2, -0.15) is 0 Å². The van der Waals surface area contributed by atoms with Crippen LogP contribution < -0.4 is 10.6 Å². The van der Waals surface area contributed by atoms with Gasteiger partial charge in [0.05, 0.1) is 91.3 Å². The van der Waals surface area contributed by atoms with E-state index < -0.39 is 48.1 Å². The molecule has 1 aliphatic heterocycles. The number of carbonyl (C=O) groups is 3. The first-order valence-corrected chi connectivity index (χ1v) is 18.6. The van der Waals surface area contributed by atoms with Gasteiger partial charge in [-0.25, -0.2) is 0 Å². The van der Waals surface area contributed by atoms with Gasteiger partial charge in [0.15, 0.2) is 6.29 Å². The van der Waals surface area contributed by atoms with E-state index in [-0.39, 0.29) is 104 Å². The van der Waals surface area contributed by atoms with Crippen molar-refractivity contribution < 1.29 is 67.6 Å². The average molecular weight is 808 g/mol. The zero-order valence-corrected chi connectivity index (χ0v) is 32.7. The standard InChI is InChI=1S/C33H61N9O14/c1-33(2,3)56-32-31(48)30(47)29(46)25(55-32)24-37-27(44)5-4-26(43)36-7-10-42(11-15-52-19-17-50-13-8-38-40-34)28(45)6-12-49-16-20-53-22-23-54-21-18-51-14-9-39-41-35/h25,29-32,46-48H,4-24H2,1-3H3,(H,36,43)(H,37,44)/t25?,29-,30+,31?,32-/m1/s1. The number of rotatable bonds is 33. The number of hydrogen-bond acceptors (Lipinski definition) is 16. The number of nitrogens with zero attached hydrogens (tertiary/aromatic N) is 7. The Morgan fingerprint density at radius 3 is 1.66 bits per heavy atom. The maximum Gasteiger partial charge on any atom is 0.225 e. The molecule has 3 amide bonds. The van der Waals surface area contributed by atoms with E-state index in [0.29, 0.717) is 39.6 Å². The number of nitrogens with one attached hydrogen (secondary N) is 2. The third kappa shape index (κ3) is 25.7. The zero-order valence-electron chi connectivity index (χ0n) is 32.7. The molecule has 1 heterocycles. The van der Waals surface area contributed by atoms with E-state index in [1.54, 1.807) is 20.8 Å². The summed E-state index contributed by atoms with van der Waals surface area (Å²) in [6, 6.07) is 0. The lowest BCUT2D eigenvalue weighted by Crippen LogP contribution is -2.61. The van der Waals surface area contributed by atoms with Crippen molar-refractivity contribution in [3.05, 3.63) is 20.9 Å². The molecule has 0 aromatic rings. The minimum absolute atomic E-state index is 0.0812. The third-order valence-corrected chi connectivity index (χ3v) is 7.53. The Morgan fingerprint density at radius 2 is 1.14 bits per heavy atom.